The van der Waals surface area contributed by atoms with Gasteiger partial charge in [-0.15, -0.1) is 0 Å². The fourth-order valence-electron chi connectivity index (χ4n) is 3.69. The summed E-state index contributed by atoms with van der Waals surface area (Å²) in [7, 11) is 1.70. The van der Waals surface area contributed by atoms with E-state index in [9.17, 15) is 18.7 Å². The number of amides is 1. The number of benzene rings is 1. The molecule has 3 N–H and O–H groups in total. The summed E-state index contributed by atoms with van der Waals surface area (Å²) in [6.45, 7) is 3.75. The number of hydrogen-bond acceptors (Lipinski definition) is 7. The molecule has 0 spiro atoms. The minimum absolute atomic E-state index is 0.100. The number of likely N-dealkylation sites (N-methyl/N-ethyl adjacent to an activating group) is 1. The van der Waals surface area contributed by atoms with Gasteiger partial charge in [-0.1, -0.05) is 0 Å². The first-order chi connectivity index (χ1) is 15.2. The van der Waals surface area contributed by atoms with E-state index < -0.39 is 23.8 Å². The van der Waals surface area contributed by atoms with Crippen LogP contribution >= 0.6 is 0 Å². The molecule has 2 aromatic heterocycles. The molecule has 9 nitrogen and oxygen atoms in total. The van der Waals surface area contributed by atoms with Crippen molar-refractivity contribution in [2.45, 2.75) is 39.1 Å². The zero-order chi connectivity index (χ0) is 23.0. The highest BCUT2D eigenvalue weighted by Crippen LogP contribution is 2.33. The van der Waals surface area contributed by atoms with Crippen molar-refractivity contribution in [3.05, 3.63) is 59.0 Å². The van der Waals surface area contributed by atoms with Crippen LogP contribution in [0.2, 0.25) is 0 Å². The van der Waals surface area contributed by atoms with Crippen molar-refractivity contribution < 1.29 is 18.7 Å². The molecule has 0 saturated carbocycles. The van der Waals surface area contributed by atoms with E-state index in [2.05, 4.69) is 25.7 Å². The maximum atomic E-state index is 13.9. The molecule has 3 aromatic rings. The molecule has 2 atom stereocenters. The van der Waals surface area contributed by atoms with E-state index in [1.54, 1.807) is 38.2 Å². The first-order valence-electron chi connectivity index (χ1n) is 10.0. The Kier molecular flexibility index (Phi) is 5.74. The fraction of sp³-hybridized carbons (Fsp3) is 0.333. The summed E-state index contributed by atoms with van der Waals surface area (Å²) in [6, 6.07) is 2.55. The van der Waals surface area contributed by atoms with Crippen LogP contribution in [-0.2, 0) is 17.9 Å². The van der Waals surface area contributed by atoms with Gasteiger partial charge in [0.1, 0.15) is 23.4 Å². The third-order valence-electron chi connectivity index (χ3n) is 5.27. The Morgan fingerprint density at radius 3 is 2.84 bits per heavy atom. The topological polar surface area (TPSA) is 108 Å². The summed E-state index contributed by atoms with van der Waals surface area (Å²) >= 11 is 0. The monoisotopic (exact) mass is 443 g/mol. The molecule has 0 aliphatic carbocycles. The zero-order valence-corrected chi connectivity index (χ0v) is 17.8. The quantitative estimate of drug-likeness (QED) is 0.535. The third-order valence-corrected chi connectivity index (χ3v) is 5.27. The Labute approximate surface area is 183 Å². The van der Waals surface area contributed by atoms with Gasteiger partial charge in [0.25, 0.3) is 0 Å². The van der Waals surface area contributed by atoms with Gasteiger partial charge in [0.05, 0.1) is 24.5 Å². The van der Waals surface area contributed by atoms with E-state index in [1.165, 1.54) is 4.68 Å². The van der Waals surface area contributed by atoms with Crippen LogP contribution in [0.5, 0.6) is 0 Å². The first kappa shape index (κ1) is 21.6. The molecule has 0 saturated heterocycles. The summed E-state index contributed by atoms with van der Waals surface area (Å²) in [5.41, 5.74) is 2.09. The predicted octanol–water partition coefficient (Wildman–Crippen LogP) is 2.06. The van der Waals surface area contributed by atoms with Gasteiger partial charge in [-0.2, -0.15) is 10.1 Å². The second-order valence-corrected chi connectivity index (χ2v) is 7.75. The van der Waals surface area contributed by atoms with E-state index in [4.69, 9.17) is 0 Å². The lowest BCUT2D eigenvalue weighted by atomic mass is 10.1. The molecule has 11 heteroatoms. The molecule has 4 rings (SSSR count). The van der Waals surface area contributed by atoms with Gasteiger partial charge in [-0.25, -0.2) is 13.8 Å². The summed E-state index contributed by atoms with van der Waals surface area (Å²) in [5, 5.41) is 20.0. The number of carbonyl (C=O) groups excluding carboxylic acids is 1. The molecule has 0 bridgehead atoms. The Hall–Kier alpha value is -3.60. The molecule has 1 amide bonds. The average molecular weight is 443 g/mol. The van der Waals surface area contributed by atoms with Crippen LogP contribution in [0.4, 0.5) is 26.2 Å². The normalized spacial score (nSPS) is 16.5. The fourth-order valence-corrected chi connectivity index (χ4v) is 3.69. The molecule has 32 heavy (non-hydrogen) atoms. The Morgan fingerprint density at radius 2 is 2.09 bits per heavy atom. The number of carbonyl (C=O) groups is 1. The second kappa shape index (κ2) is 8.50. The van der Waals surface area contributed by atoms with Gasteiger partial charge in [0.15, 0.2) is 5.82 Å². The molecule has 1 aromatic carbocycles. The highest BCUT2D eigenvalue weighted by Gasteiger charge is 2.36. The number of rotatable bonds is 6. The summed E-state index contributed by atoms with van der Waals surface area (Å²) in [5.74, 6) is -0.467. The van der Waals surface area contributed by atoms with Gasteiger partial charge in [0, 0.05) is 30.9 Å². The number of aliphatic hydroxyl groups excluding tert-OH is 1. The van der Waals surface area contributed by atoms with Crippen LogP contribution in [0.25, 0.3) is 0 Å². The van der Waals surface area contributed by atoms with E-state index in [0.717, 1.165) is 23.8 Å². The predicted molar refractivity (Wildman–Crippen MR) is 114 cm³/mol. The van der Waals surface area contributed by atoms with Crippen molar-refractivity contribution in [2.75, 3.05) is 22.6 Å². The number of aryl methyl sites for hydroxylation is 1. The number of halogens is 2. The number of aliphatic hydroxyl groups is 1. The van der Waals surface area contributed by atoms with E-state index in [1.807, 2.05) is 0 Å². The highest BCUT2D eigenvalue weighted by molar-refractivity contribution is 6.03. The Bertz CT molecular complexity index is 1170. The summed E-state index contributed by atoms with van der Waals surface area (Å²) in [6.07, 6.45) is 2.46. The number of anilines is 3. The second-order valence-electron chi connectivity index (χ2n) is 7.75. The minimum atomic E-state index is -0.881. The average Bonchev–Trinajstić information content (AvgIpc) is 3.17. The number of hydrogen-bond donors (Lipinski definition) is 3. The van der Waals surface area contributed by atoms with E-state index in [0.29, 0.717) is 29.7 Å². The molecule has 3 heterocycles. The smallest absolute Gasteiger partial charge is 0.249 e. The van der Waals surface area contributed by atoms with E-state index in [-0.39, 0.29) is 18.0 Å². The lowest BCUT2D eigenvalue weighted by Crippen LogP contribution is -2.52. The van der Waals surface area contributed by atoms with Crippen molar-refractivity contribution in [1.82, 2.24) is 19.7 Å². The SMILES string of the molecule is Cc1nc(NCc2cnn(Cc3cc(F)ccc3F)c2)nc2c1NC(=O)[C@H]([C@@H](C)O)N2C. The maximum absolute atomic E-state index is 13.9. The van der Waals surface area contributed by atoms with Gasteiger partial charge < -0.3 is 20.6 Å². The summed E-state index contributed by atoms with van der Waals surface area (Å²) in [4.78, 5) is 22.8. The van der Waals surface area contributed by atoms with Crippen LogP contribution in [0.15, 0.2) is 30.6 Å². The Balaban J connectivity index is 1.48. The van der Waals surface area contributed by atoms with Crippen LogP contribution in [-0.4, -0.2) is 50.0 Å². The molecule has 0 radical (unpaired) electrons. The van der Waals surface area contributed by atoms with Gasteiger partial charge in [-0.05, 0) is 32.0 Å². The van der Waals surface area contributed by atoms with Crippen LogP contribution < -0.4 is 15.5 Å². The Morgan fingerprint density at radius 1 is 1.31 bits per heavy atom. The molecule has 0 fully saturated rings. The molecule has 0 unspecified atom stereocenters. The standard InChI is InChI=1S/C21H23F2N7O2/c1-11-17-19(29(3)18(12(2)31)20(32)27-17)28-21(26-11)24-7-13-8-25-30(9-13)10-14-6-15(22)4-5-16(14)23/h4-6,8-9,12,18,31H,7,10H2,1-3H3,(H,27,32)(H,24,26,28)/t12-,18+/m1/s1. The van der Waals surface area contributed by atoms with Crippen molar-refractivity contribution in [2.24, 2.45) is 0 Å². The minimum Gasteiger partial charge on any atom is -0.391 e. The van der Waals surface area contributed by atoms with Crippen LogP contribution in [0.1, 0.15) is 23.7 Å². The maximum Gasteiger partial charge on any atom is 0.249 e. The highest BCUT2D eigenvalue weighted by atomic mass is 19.1. The van der Waals surface area contributed by atoms with Crippen molar-refractivity contribution in [3.8, 4) is 0 Å². The molecule has 168 valence electrons. The van der Waals surface area contributed by atoms with Gasteiger partial charge in [0.2, 0.25) is 11.9 Å². The van der Waals surface area contributed by atoms with Crippen LogP contribution in [0, 0.1) is 18.6 Å². The lowest BCUT2D eigenvalue weighted by Gasteiger charge is -2.36. The number of fused-ring (bicyclic) bond motifs is 1. The molecular formula is C21H23F2N7O2. The zero-order valence-electron chi connectivity index (χ0n) is 17.8. The van der Waals surface area contributed by atoms with Crippen molar-refractivity contribution >= 4 is 23.4 Å². The molecule has 1 aliphatic heterocycles. The largest absolute Gasteiger partial charge is 0.391 e. The molecule has 1 aliphatic rings. The van der Waals surface area contributed by atoms with Gasteiger partial charge in [-0.3, -0.25) is 9.48 Å². The third kappa shape index (κ3) is 4.24. The van der Waals surface area contributed by atoms with Crippen molar-refractivity contribution in [3.63, 3.8) is 0 Å². The number of nitrogens with zero attached hydrogens (tertiary/aromatic N) is 5. The molecular weight excluding hydrogens is 420 g/mol. The summed E-state index contributed by atoms with van der Waals surface area (Å²) < 4.78 is 28.7. The van der Waals surface area contributed by atoms with Gasteiger partial charge >= 0.3 is 0 Å². The van der Waals surface area contributed by atoms with Crippen LogP contribution in [0.3, 0.4) is 0 Å². The van der Waals surface area contributed by atoms with Crippen molar-refractivity contribution in [1.29, 1.82) is 0 Å². The number of aromatic nitrogens is 4. The van der Waals surface area contributed by atoms with E-state index >= 15 is 0 Å². The lowest BCUT2D eigenvalue weighted by molar-refractivity contribution is -0.119. The first-order valence-corrected chi connectivity index (χ1v) is 10.0. The number of nitrogens with one attached hydrogen (secondary N) is 2.